The number of unbranched alkanes of at least 4 members (excludes halogenated alkanes) is 9. The fourth-order valence-electron chi connectivity index (χ4n) is 6.62. The Kier molecular flexibility index (Phi) is 32.8. The third-order valence-corrected chi connectivity index (χ3v) is 10.4. The van der Waals surface area contributed by atoms with Gasteiger partial charge in [-0.2, -0.15) is 0 Å². The quantitative estimate of drug-likeness (QED) is 0.0209. The number of nitrogens with zero attached hydrogens (tertiary/aromatic N) is 1. The normalized spacial score (nSPS) is 13.9. The molecule has 54 heavy (non-hydrogen) atoms. The molecule has 0 fully saturated rings. The zero-order valence-corrected chi connectivity index (χ0v) is 37.0. The molecule has 7 nitrogen and oxygen atoms in total. The minimum absolute atomic E-state index is 0.0197. The van der Waals surface area contributed by atoms with Gasteiger partial charge < -0.3 is 19.1 Å². The van der Waals surface area contributed by atoms with Crippen molar-refractivity contribution < 1.29 is 28.6 Å². The fraction of sp³-hybridized carbons (Fsp3) is 0.851. The first-order chi connectivity index (χ1) is 25.7. The highest BCUT2D eigenvalue weighted by Crippen LogP contribution is 2.23. The molecular formula is C47H87NO6. The van der Waals surface area contributed by atoms with Crippen molar-refractivity contribution in [2.24, 2.45) is 35.5 Å². The van der Waals surface area contributed by atoms with Crippen LogP contribution in [-0.2, 0) is 28.6 Å². The Morgan fingerprint density at radius 2 is 1.04 bits per heavy atom. The lowest BCUT2D eigenvalue weighted by Gasteiger charge is -2.18. The zero-order valence-electron chi connectivity index (χ0n) is 37.0. The highest BCUT2D eigenvalue weighted by Gasteiger charge is 2.15. The van der Waals surface area contributed by atoms with Crippen LogP contribution < -0.4 is 0 Å². The van der Waals surface area contributed by atoms with Gasteiger partial charge in [-0.3, -0.25) is 9.59 Å². The maximum atomic E-state index is 12.6. The van der Waals surface area contributed by atoms with Gasteiger partial charge in [0.1, 0.15) is 12.7 Å². The van der Waals surface area contributed by atoms with E-state index in [1.54, 1.807) is 6.08 Å². The molecule has 316 valence electrons. The van der Waals surface area contributed by atoms with Gasteiger partial charge in [0, 0.05) is 18.9 Å². The summed E-state index contributed by atoms with van der Waals surface area (Å²) >= 11 is 0. The zero-order chi connectivity index (χ0) is 40.6. The maximum absolute atomic E-state index is 12.6. The molecule has 0 heterocycles. The van der Waals surface area contributed by atoms with Crippen LogP contribution >= 0.6 is 0 Å². The highest BCUT2D eigenvalue weighted by atomic mass is 16.5. The second-order valence-electron chi connectivity index (χ2n) is 17.6. The van der Waals surface area contributed by atoms with E-state index in [2.05, 4.69) is 66.4 Å². The molecular weight excluding hydrogens is 675 g/mol. The van der Waals surface area contributed by atoms with E-state index in [1.807, 2.05) is 26.2 Å². The molecule has 0 saturated carbocycles. The van der Waals surface area contributed by atoms with E-state index in [-0.39, 0.29) is 24.0 Å². The Hall–Kier alpha value is -2.15. The smallest absolute Gasteiger partial charge is 0.330 e. The van der Waals surface area contributed by atoms with Crippen molar-refractivity contribution in [3.8, 4) is 0 Å². The summed E-state index contributed by atoms with van der Waals surface area (Å²) in [7, 11) is 4.05. The standard InChI is InChI=1S/C47H87NO6/c1-38(2)29-31-42(40(5)6)24-23-37-53-45(49)27-20-16-13-15-19-26-44(54-47(51)28-22-35-48(9)10)25-18-14-11-12-17-21-36-52-46(50)34-33-43(41(7)8)32-30-39(3)4/h23-24,33-34,38-44H,11-22,25-32,35-37H2,1-10H3. The number of carbonyl (C=O) groups excluding carboxylic acids is 3. The molecule has 0 rings (SSSR count). The second-order valence-corrected chi connectivity index (χ2v) is 17.6. The predicted octanol–water partition coefficient (Wildman–Crippen LogP) is 12.3. The minimum atomic E-state index is -0.223. The van der Waals surface area contributed by atoms with Crippen molar-refractivity contribution in [2.45, 2.75) is 190 Å². The molecule has 0 bridgehead atoms. The number of esters is 3. The number of carbonyl (C=O) groups is 3. The molecule has 0 N–H and O–H groups in total. The van der Waals surface area contributed by atoms with Crippen LogP contribution in [0.4, 0.5) is 0 Å². The van der Waals surface area contributed by atoms with Gasteiger partial charge in [-0.15, -0.1) is 0 Å². The van der Waals surface area contributed by atoms with Gasteiger partial charge in [-0.1, -0.05) is 131 Å². The molecule has 0 aliphatic heterocycles. The van der Waals surface area contributed by atoms with Gasteiger partial charge in [-0.25, -0.2) is 4.79 Å². The summed E-state index contributed by atoms with van der Waals surface area (Å²) in [5.74, 6) is 3.03. The van der Waals surface area contributed by atoms with E-state index in [0.29, 0.717) is 61.6 Å². The lowest BCUT2D eigenvalue weighted by molar-refractivity contribution is -0.150. The third-order valence-electron chi connectivity index (χ3n) is 10.4. The molecule has 0 aliphatic carbocycles. The molecule has 0 amide bonds. The van der Waals surface area contributed by atoms with Crippen LogP contribution in [0.5, 0.6) is 0 Å². The van der Waals surface area contributed by atoms with E-state index in [4.69, 9.17) is 14.2 Å². The average Bonchev–Trinajstić information content (AvgIpc) is 3.09. The highest BCUT2D eigenvalue weighted by molar-refractivity contribution is 5.81. The molecule has 0 aromatic rings. The second kappa shape index (κ2) is 34.1. The van der Waals surface area contributed by atoms with Gasteiger partial charge >= 0.3 is 17.9 Å². The molecule has 0 radical (unpaired) electrons. The summed E-state index contributed by atoms with van der Waals surface area (Å²) in [6.45, 7) is 19.7. The predicted molar refractivity (Wildman–Crippen MR) is 227 cm³/mol. The Labute approximate surface area is 334 Å². The molecule has 0 aliphatic rings. The van der Waals surface area contributed by atoms with Crippen LogP contribution in [-0.4, -0.2) is 62.8 Å². The Morgan fingerprint density at radius 1 is 0.537 bits per heavy atom. The molecule has 3 atom stereocenters. The number of ether oxygens (including phenoxy) is 3. The molecule has 0 aromatic heterocycles. The van der Waals surface area contributed by atoms with Crippen LogP contribution in [0.3, 0.4) is 0 Å². The van der Waals surface area contributed by atoms with Crippen LogP contribution in [0.2, 0.25) is 0 Å². The lowest BCUT2D eigenvalue weighted by Crippen LogP contribution is -2.20. The van der Waals surface area contributed by atoms with Crippen molar-refractivity contribution >= 4 is 17.9 Å². The van der Waals surface area contributed by atoms with Crippen molar-refractivity contribution in [2.75, 3.05) is 33.9 Å². The van der Waals surface area contributed by atoms with Crippen molar-refractivity contribution in [1.82, 2.24) is 4.90 Å². The molecule has 0 spiro atoms. The summed E-state index contributed by atoms with van der Waals surface area (Å²) in [4.78, 5) is 39.1. The van der Waals surface area contributed by atoms with Crippen molar-refractivity contribution in [3.63, 3.8) is 0 Å². The van der Waals surface area contributed by atoms with Gasteiger partial charge in [0.05, 0.1) is 6.61 Å². The van der Waals surface area contributed by atoms with E-state index in [0.717, 1.165) is 103 Å². The number of hydrogen-bond acceptors (Lipinski definition) is 7. The van der Waals surface area contributed by atoms with Crippen LogP contribution in [0.25, 0.3) is 0 Å². The first-order valence-electron chi connectivity index (χ1n) is 22.2. The van der Waals surface area contributed by atoms with Gasteiger partial charge in [0.15, 0.2) is 0 Å². The summed E-state index contributed by atoms with van der Waals surface area (Å²) in [6.07, 6.45) is 27.6. The fourth-order valence-corrected chi connectivity index (χ4v) is 6.62. The van der Waals surface area contributed by atoms with Crippen molar-refractivity contribution in [1.29, 1.82) is 0 Å². The first kappa shape index (κ1) is 51.9. The molecule has 0 aromatic carbocycles. The van der Waals surface area contributed by atoms with Gasteiger partial charge in [-0.05, 0) is 114 Å². The third kappa shape index (κ3) is 33.2. The van der Waals surface area contributed by atoms with Crippen LogP contribution in [0.1, 0.15) is 184 Å². The summed E-state index contributed by atoms with van der Waals surface area (Å²) < 4.78 is 16.9. The molecule has 7 heteroatoms. The SMILES string of the molecule is CC(C)CCC(C=CCOC(=O)CCCCCCCC(CCCCCCCCOC(=O)C=CC(CCC(C)C)C(C)C)OC(=O)CCCN(C)C)C(C)C. The number of hydrogen-bond donors (Lipinski definition) is 0. The lowest BCUT2D eigenvalue weighted by atomic mass is 9.88. The Balaban J connectivity index is 4.34. The summed E-state index contributed by atoms with van der Waals surface area (Å²) in [5, 5.41) is 0. The topological polar surface area (TPSA) is 82.1 Å². The van der Waals surface area contributed by atoms with Gasteiger partial charge in [0.2, 0.25) is 0 Å². The van der Waals surface area contributed by atoms with Crippen molar-refractivity contribution in [3.05, 3.63) is 24.3 Å². The maximum Gasteiger partial charge on any atom is 0.330 e. The average molecular weight is 762 g/mol. The summed E-state index contributed by atoms with van der Waals surface area (Å²) in [6, 6.07) is 0. The monoisotopic (exact) mass is 762 g/mol. The van der Waals surface area contributed by atoms with Crippen LogP contribution in [0.15, 0.2) is 24.3 Å². The van der Waals surface area contributed by atoms with Gasteiger partial charge in [0.25, 0.3) is 0 Å². The summed E-state index contributed by atoms with van der Waals surface area (Å²) in [5.41, 5.74) is 0. The first-order valence-corrected chi connectivity index (χ1v) is 22.2. The minimum Gasteiger partial charge on any atom is -0.463 e. The van der Waals surface area contributed by atoms with E-state index in [9.17, 15) is 14.4 Å². The largest absolute Gasteiger partial charge is 0.463 e. The number of rotatable bonds is 35. The van der Waals surface area contributed by atoms with E-state index in [1.165, 1.54) is 19.3 Å². The van der Waals surface area contributed by atoms with E-state index >= 15 is 0 Å². The molecule has 3 unspecified atom stereocenters. The van der Waals surface area contributed by atoms with Crippen LogP contribution in [0, 0.1) is 35.5 Å². The number of allylic oxidation sites excluding steroid dienone is 2. The van der Waals surface area contributed by atoms with E-state index < -0.39 is 0 Å². The molecule has 0 saturated heterocycles. The Bertz CT molecular complexity index is 985. The Morgan fingerprint density at radius 3 is 1.57 bits per heavy atom.